The third kappa shape index (κ3) is 3.01. The van der Waals surface area contributed by atoms with Gasteiger partial charge in [-0.25, -0.2) is 0 Å². The number of anilines is 2. The Morgan fingerprint density at radius 2 is 1.91 bits per heavy atom. The van der Waals surface area contributed by atoms with E-state index in [4.69, 9.17) is 0 Å². The van der Waals surface area contributed by atoms with E-state index in [0.29, 0.717) is 0 Å². The number of aromatic carboxylic acids is 1. The van der Waals surface area contributed by atoms with Crippen LogP contribution in [0.1, 0.15) is 28.5 Å². The highest BCUT2D eigenvalue weighted by Crippen LogP contribution is 2.29. The number of carbonyl (C=O) groups is 1. The maximum absolute atomic E-state index is 11.1. The number of nitrogens with zero attached hydrogens (tertiary/aromatic N) is 1. The molecule has 0 unspecified atom stereocenters. The van der Waals surface area contributed by atoms with Crippen LogP contribution >= 0.6 is 0 Å². The van der Waals surface area contributed by atoms with Gasteiger partial charge in [0.25, 0.3) is 0 Å². The second kappa shape index (κ2) is 6.08. The molecule has 0 aliphatic carbocycles. The molecule has 1 heterocycles. The molecule has 4 heteroatoms. The number of fused-ring (bicyclic) bond motifs is 1. The van der Waals surface area contributed by atoms with Crippen LogP contribution in [0.5, 0.6) is 0 Å². The normalized spacial score (nSPS) is 10.7. The van der Waals surface area contributed by atoms with Crippen LogP contribution in [0, 0.1) is 6.92 Å². The lowest BCUT2D eigenvalue weighted by molar-refractivity contribution is -0.255. The molecular weight excluding hydrogens is 288 g/mol. The van der Waals surface area contributed by atoms with Gasteiger partial charge in [0.2, 0.25) is 0 Å². The van der Waals surface area contributed by atoms with Crippen molar-refractivity contribution in [3.8, 4) is 0 Å². The van der Waals surface area contributed by atoms with E-state index in [1.165, 1.54) is 11.6 Å². The summed E-state index contributed by atoms with van der Waals surface area (Å²) in [6.07, 6.45) is 0.912. The summed E-state index contributed by atoms with van der Waals surface area (Å²) in [7, 11) is 0. The molecule has 3 rings (SSSR count). The van der Waals surface area contributed by atoms with Crippen LogP contribution in [-0.2, 0) is 6.42 Å². The fraction of sp³-hybridized carbons (Fsp3) is 0.158. The highest BCUT2D eigenvalue weighted by atomic mass is 16.4. The van der Waals surface area contributed by atoms with Crippen LogP contribution < -0.4 is 10.4 Å². The maximum atomic E-state index is 11.1. The van der Waals surface area contributed by atoms with Crippen molar-refractivity contribution in [2.24, 2.45) is 0 Å². The summed E-state index contributed by atoms with van der Waals surface area (Å²) in [6, 6.07) is 14.8. The van der Waals surface area contributed by atoms with E-state index >= 15 is 0 Å². The number of aryl methyl sites for hydroxylation is 2. The smallest absolute Gasteiger partial charge is 0.0726 e. The number of carboxylic acid groups (broad SMARTS) is 1. The monoisotopic (exact) mass is 305 g/mol. The zero-order valence-electron chi connectivity index (χ0n) is 13.1. The minimum atomic E-state index is -1.19. The first-order chi connectivity index (χ1) is 11.1. The van der Waals surface area contributed by atoms with Crippen LogP contribution in [0.4, 0.5) is 11.4 Å². The first-order valence-electron chi connectivity index (χ1n) is 7.56. The van der Waals surface area contributed by atoms with Crippen molar-refractivity contribution in [3.05, 3.63) is 65.4 Å². The van der Waals surface area contributed by atoms with Gasteiger partial charge in [0.1, 0.15) is 0 Å². The molecule has 3 aromatic rings. The van der Waals surface area contributed by atoms with Crippen molar-refractivity contribution in [1.82, 2.24) is 4.98 Å². The van der Waals surface area contributed by atoms with Crippen LogP contribution in [0.2, 0.25) is 0 Å². The first-order valence-corrected chi connectivity index (χ1v) is 7.56. The lowest BCUT2D eigenvalue weighted by atomic mass is 10.1. The van der Waals surface area contributed by atoms with Gasteiger partial charge in [-0.3, -0.25) is 4.98 Å². The predicted octanol–water partition coefficient (Wildman–Crippen LogP) is 3.21. The van der Waals surface area contributed by atoms with E-state index in [2.05, 4.69) is 23.3 Å². The summed E-state index contributed by atoms with van der Waals surface area (Å²) in [5, 5.41) is 15.3. The fourth-order valence-corrected chi connectivity index (χ4v) is 2.68. The number of carboxylic acids is 1. The minimum absolute atomic E-state index is 0.148. The Bertz CT molecular complexity index is 888. The van der Waals surface area contributed by atoms with Crippen molar-refractivity contribution in [2.45, 2.75) is 20.3 Å². The van der Waals surface area contributed by atoms with Crippen LogP contribution in [-0.4, -0.2) is 11.0 Å². The third-order valence-corrected chi connectivity index (χ3v) is 3.84. The van der Waals surface area contributed by atoms with Crippen molar-refractivity contribution in [3.63, 3.8) is 0 Å². The van der Waals surface area contributed by atoms with Gasteiger partial charge >= 0.3 is 0 Å². The van der Waals surface area contributed by atoms with Crippen LogP contribution in [0.3, 0.4) is 0 Å². The summed E-state index contributed by atoms with van der Waals surface area (Å²) in [5.74, 6) is -1.19. The molecule has 116 valence electrons. The van der Waals surface area contributed by atoms with Gasteiger partial charge in [0.15, 0.2) is 0 Å². The minimum Gasteiger partial charge on any atom is -0.545 e. The predicted molar refractivity (Wildman–Crippen MR) is 89.9 cm³/mol. The molecule has 23 heavy (non-hydrogen) atoms. The number of para-hydroxylation sites is 1. The van der Waals surface area contributed by atoms with E-state index in [0.717, 1.165) is 34.4 Å². The van der Waals surface area contributed by atoms with E-state index in [-0.39, 0.29) is 5.56 Å². The molecule has 0 aliphatic rings. The topological polar surface area (TPSA) is 65.0 Å². The first kappa shape index (κ1) is 15.0. The Labute approximate surface area is 134 Å². The molecule has 0 spiro atoms. The molecule has 0 saturated heterocycles. The van der Waals surface area contributed by atoms with Crippen molar-refractivity contribution in [2.75, 3.05) is 5.32 Å². The van der Waals surface area contributed by atoms with E-state index < -0.39 is 5.97 Å². The Morgan fingerprint density at radius 3 is 2.65 bits per heavy atom. The summed E-state index contributed by atoms with van der Waals surface area (Å²) < 4.78 is 0. The Kier molecular flexibility index (Phi) is 3.98. The summed E-state index contributed by atoms with van der Waals surface area (Å²) in [5.41, 5.74) is 4.83. The maximum Gasteiger partial charge on any atom is 0.0726 e. The number of benzene rings is 2. The molecule has 0 radical (unpaired) electrons. The summed E-state index contributed by atoms with van der Waals surface area (Å²) in [4.78, 5) is 15.6. The molecule has 1 aromatic heterocycles. The Balaban J connectivity index is 2.15. The van der Waals surface area contributed by atoms with E-state index in [9.17, 15) is 9.90 Å². The number of rotatable bonds is 4. The molecule has 0 saturated carbocycles. The Morgan fingerprint density at radius 1 is 1.13 bits per heavy atom. The molecule has 2 aromatic carbocycles. The molecule has 0 fully saturated rings. The molecule has 1 N–H and O–H groups in total. The van der Waals surface area contributed by atoms with Crippen LogP contribution in [0.15, 0.2) is 48.5 Å². The van der Waals surface area contributed by atoms with E-state index in [1.807, 2.05) is 31.2 Å². The van der Waals surface area contributed by atoms with Gasteiger partial charge in [-0.05, 0) is 48.7 Å². The second-order valence-electron chi connectivity index (χ2n) is 5.47. The molecule has 0 amide bonds. The lowest BCUT2D eigenvalue weighted by Gasteiger charge is -2.14. The van der Waals surface area contributed by atoms with E-state index in [1.54, 1.807) is 12.1 Å². The molecule has 4 nitrogen and oxygen atoms in total. The highest BCUT2D eigenvalue weighted by molar-refractivity contribution is 5.98. The fourth-order valence-electron chi connectivity index (χ4n) is 2.68. The largest absolute Gasteiger partial charge is 0.545 e. The number of hydrogen-bond acceptors (Lipinski definition) is 4. The second-order valence-corrected chi connectivity index (χ2v) is 5.47. The number of pyridine rings is 1. The van der Waals surface area contributed by atoms with Crippen molar-refractivity contribution in [1.29, 1.82) is 0 Å². The van der Waals surface area contributed by atoms with Gasteiger partial charge in [-0.2, -0.15) is 0 Å². The number of aromatic nitrogens is 1. The van der Waals surface area contributed by atoms with Crippen molar-refractivity contribution < 1.29 is 9.90 Å². The van der Waals surface area contributed by atoms with Gasteiger partial charge in [-0.15, -0.1) is 0 Å². The summed E-state index contributed by atoms with van der Waals surface area (Å²) in [6.45, 7) is 4.02. The third-order valence-electron chi connectivity index (χ3n) is 3.84. The average molecular weight is 305 g/mol. The standard InChI is InChI=1S/C19H18N2O2/c1-3-13-6-4-5-7-16(13)21-18-10-12(2)20-17-9-8-14(19(22)23)11-15(17)18/h4-11H,3H2,1-2H3,(H,20,21)(H,22,23)/p-1. The van der Waals surface area contributed by atoms with Gasteiger partial charge in [0.05, 0.1) is 11.5 Å². The van der Waals surface area contributed by atoms with Crippen LogP contribution in [0.25, 0.3) is 10.9 Å². The molecule has 0 atom stereocenters. The highest BCUT2D eigenvalue weighted by Gasteiger charge is 2.08. The summed E-state index contributed by atoms with van der Waals surface area (Å²) >= 11 is 0. The molecule has 0 aliphatic heterocycles. The Hall–Kier alpha value is -2.88. The zero-order chi connectivity index (χ0) is 16.4. The van der Waals surface area contributed by atoms with Crippen molar-refractivity contribution >= 4 is 28.2 Å². The average Bonchev–Trinajstić information content (AvgIpc) is 2.54. The quantitative estimate of drug-likeness (QED) is 0.804. The zero-order valence-corrected chi connectivity index (χ0v) is 13.1. The van der Waals surface area contributed by atoms with Gasteiger partial charge < -0.3 is 15.2 Å². The SMILES string of the molecule is CCc1ccccc1Nc1cc(C)nc2ccc(C(=O)[O-])cc12. The lowest BCUT2D eigenvalue weighted by Crippen LogP contribution is -2.22. The molecule has 0 bridgehead atoms. The molecular formula is C19H17N2O2-. The number of carbonyl (C=O) groups excluding carboxylic acids is 1. The van der Waals surface area contributed by atoms with Gasteiger partial charge in [-0.1, -0.05) is 31.2 Å². The number of hydrogen-bond donors (Lipinski definition) is 1. The number of nitrogens with one attached hydrogen (secondary N) is 1. The van der Waals surface area contributed by atoms with Gasteiger partial charge in [0, 0.05) is 22.5 Å².